The fraction of sp³-hybridized carbons (Fsp3) is 0.600. The first-order valence-electron chi connectivity index (χ1n) is 4.59. The van der Waals surface area contributed by atoms with Crippen molar-refractivity contribution in [2.45, 2.75) is 12.6 Å². The number of methoxy groups -OCH3 is 1. The first kappa shape index (κ1) is 11.7. The van der Waals surface area contributed by atoms with Gasteiger partial charge in [0.25, 0.3) is 0 Å². The normalized spacial score (nSPS) is 13.4. The van der Waals surface area contributed by atoms with E-state index in [2.05, 4.69) is 21.7 Å². The monoisotopic (exact) mass is 215 g/mol. The van der Waals surface area contributed by atoms with Crippen LogP contribution in [0.3, 0.4) is 0 Å². The SMILES string of the molecule is COCC(O)CN(C)Cc1ccsc1. The quantitative estimate of drug-likeness (QED) is 0.773. The molecule has 0 fully saturated rings. The lowest BCUT2D eigenvalue weighted by Crippen LogP contribution is -2.31. The number of aliphatic hydroxyl groups is 1. The van der Waals surface area contributed by atoms with Gasteiger partial charge < -0.3 is 9.84 Å². The van der Waals surface area contributed by atoms with Crippen LogP contribution in [0.4, 0.5) is 0 Å². The minimum atomic E-state index is -0.399. The topological polar surface area (TPSA) is 32.7 Å². The standard InChI is InChI=1S/C10H17NO2S/c1-11(6-10(12)7-13-2)5-9-3-4-14-8-9/h3-4,8,10,12H,5-7H2,1-2H3. The third-order valence-electron chi connectivity index (χ3n) is 1.91. The molecule has 1 aromatic heterocycles. The maximum atomic E-state index is 9.48. The third-order valence-corrected chi connectivity index (χ3v) is 2.65. The second-order valence-corrected chi connectivity index (χ2v) is 4.22. The summed E-state index contributed by atoms with van der Waals surface area (Å²) in [5.74, 6) is 0. The van der Waals surface area contributed by atoms with Crippen molar-refractivity contribution in [3.8, 4) is 0 Å². The summed E-state index contributed by atoms with van der Waals surface area (Å²) >= 11 is 1.70. The molecule has 1 unspecified atom stereocenters. The van der Waals surface area contributed by atoms with Crippen LogP contribution in [0.25, 0.3) is 0 Å². The van der Waals surface area contributed by atoms with Crippen LogP contribution in [0.5, 0.6) is 0 Å². The van der Waals surface area contributed by atoms with Crippen molar-refractivity contribution in [3.63, 3.8) is 0 Å². The number of rotatable bonds is 6. The van der Waals surface area contributed by atoms with Gasteiger partial charge in [-0.3, -0.25) is 4.90 Å². The summed E-state index contributed by atoms with van der Waals surface area (Å²) in [6, 6.07) is 2.10. The zero-order chi connectivity index (χ0) is 10.4. The van der Waals surface area contributed by atoms with Gasteiger partial charge in [0.15, 0.2) is 0 Å². The summed E-state index contributed by atoms with van der Waals surface area (Å²) in [5.41, 5.74) is 1.29. The molecular formula is C10H17NO2S. The fourth-order valence-corrected chi connectivity index (χ4v) is 2.02. The van der Waals surface area contributed by atoms with E-state index in [1.54, 1.807) is 18.4 Å². The Morgan fingerprint density at radius 1 is 1.64 bits per heavy atom. The van der Waals surface area contributed by atoms with Gasteiger partial charge in [0, 0.05) is 20.2 Å². The van der Waals surface area contributed by atoms with Crippen molar-refractivity contribution >= 4 is 11.3 Å². The molecule has 0 spiro atoms. The highest BCUT2D eigenvalue weighted by Gasteiger charge is 2.07. The van der Waals surface area contributed by atoms with E-state index in [0.29, 0.717) is 13.2 Å². The summed E-state index contributed by atoms with van der Waals surface area (Å²) in [5, 5.41) is 13.7. The van der Waals surface area contributed by atoms with Crippen molar-refractivity contribution in [1.82, 2.24) is 4.90 Å². The molecule has 3 nitrogen and oxygen atoms in total. The van der Waals surface area contributed by atoms with Gasteiger partial charge in [-0.25, -0.2) is 0 Å². The molecule has 14 heavy (non-hydrogen) atoms. The number of nitrogens with zero attached hydrogens (tertiary/aromatic N) is 1. The van der Waals surface area contributed by atoms with Crippen molar-refractivity contribution in [2.24, 2.45) is 0 Å². The smallest absolute Gasteiger partial charge is 0.0900 e. The summed E-state index contributed by atoms with van der Waals surface area (Å²) < 4.78 is 4.87. The van der Waals surface area contributed by atoms with E-state index in [-0.39, 0.29) is 0 Å². The molecule has 0 aromatic carbocycles. The van der Waals surface area contributed by atoms with Gasteiger partial charge in [-0.1, -0.05) is 0 Å². The zero-order valence-corrected chi connectivity index (χ0v) is 9.46. The van der Waals surface area contributed by atoms with Gasteiger partial charge in [-0.2, -0.15) is 11.3 Å². The maximum Gasteiger partial charge on any atom is 0.0900 e. The maximum absolute atomic E-state index is 9.48. The predicted octanol–water partition coefficient (Wildman–Crippen LogP) is 1.19. The third kappa shape index (κ3) is 4.19. The van der Waals surface area contributed by atoms with E-state index in [1.807, 2.05) is 7.05 Å². The average Bonchev–Trinajstić information content (AvgIpc) is 2.56. The number of hydrogen-bond donors (Lipinski definition) is 1. The number of hydrogen-bond acceptors (Lipinski definition) is 4. The molecule has 0 amide bonds. The molecular weight excluding hydrogens is 198 g/mol. The highest BCUT2D eigenvalue weighted by atomic mass is 32.1. The molecule has 0 saturated carbocycles. The Hall–Kier alpha value is -0.420. The first-order valence-corrected chi connectivity index (χ1v) is 5.53. The predicted molar refractivity (Wildman–Crippen MR) is 58.5 cm³/mol. The van der Waals surface area contributed by atoms with Gasteiger partial charge in [-0.05, 0) is 29.4 Å². The lowest BCUT2D eigenvalue weighted by atomic mass is 10.3. The highest BCUT2D eigenvalue weighted by molar-refractivity contribution is 7.07. The van der Waals surface area contributed by atoms with Crippen LogP contribution in [0.15, 0.2) is 16.8 Å². The van der Waals surface area contributed by atoms with Gasteiger partial charge >= 0.3 is 0 Å². The summed E-state index contributed by atoms with van der Waals surface area (Å²) in [6.07, 6.45) is -0.399. The van der Waals surface area contributed by atoms with Crippen LogP contribution >= 0.6 is 11.3 Å². The summed E-state index contributed by atoms with van der Waals surface area (Å²) in [4.78, 5) is 2.09. The van der Waals surface area contributed by atoms with Crippen LogP contribution < -0.4 is 0 Å². The zero-order valence-electron chi connectivity index (χ0n) is 8.64. The molecule has 1 atom stereocenters. The van der Waals surface area contributed by atoms with Gasteiger partial charge in [-0.15, -0.1) is 0 Å². The van der Waals surface area contributed by atoms with Crippen LogP contribution in [-0.4, -0.2) is 43.4 Å². The second-order valence-electron chi connectivity index (χ2n) is 3.44. The lowest BCUT2D eigenvalue weighted by molar-refractivity contribution is 0.0419. The van der Waals surface area contributed by atoms with E-state index in [9.17, 15) is 5.11 Å². The van der Waals surface area contributed by atoms with Crippen LogP contribution in [0.1, 0.15) is 5.56 Å². The largest absolute Gasteiger partial charge is 0.389 e. The molecule has 1 aromatic rings. The Bertz CT molecular complexity index is 238. The molecule has 80 valence electrons. The van der Waals surface area contributed by atoms with Crippen molar-refractivity contribution in [3.05, 3.63) is 22.4 Å². The Labute approximate surface area is 88.9 Å². The van der Waals surface area contributed by atoms with Crippen molar-refractivity contribution in [2.75, 3.05) is 27.3 Å². The van der Waals surface area contributed by atoms with Gasteiger partial charge in [0.1, 0.15) is 0 Å². The Kier molecular flexibility index (Phi) is 5.11. The molecule has 1 heterocycles. The van der Waals surface area contributed by atoms with Crippen molar-refractivity contribution in [1.29, 1.82) is 0 Å². The van der Waals surface area contributed by atoms with Crippen LogP contribution in [0, 0.1) is 0 Å². The summed E-state index contributed by atoms with van der Waals surface area (Å²) in [6.45, 7) is 1.92. The molecule has 4 heteroatoms. The number of aliphatic hydroxyl groups excluding tert-OH is 1. The molecule has 0 radical (unpaired) electrons. The highest BCUT2D eigenvalue weighted by Crippen LogP contribution is 2.08. The fourth-order valence-electron chi connectivity index (χ4n) is 1.36. The molecule has 1 rings (SSSR count). The Morgan fingerprint density at radius 3 is 3.00 bits per heavy atom. The molecule has 0 aliphatic carbocycles. The molecule has 0 bridgehead atoms. The van der Waals surface area contributed by atoms with Crippen molar-refractivity contribution < 1.29 is 9.84 Å². The van der Waals surface area contributed by atoms with E-state index in [4.69, 9.17) is 4.74 Å². The lowest BCUT2D eigenvalue weighted by Gasteiger charge is -2.19. The van der Waals surface area contributed by atoms with Crippen LogP contribution in [0.2, 0.25) is 0 Å². The average molecular weight is 215 g/mol. The number of likely N-dealkylation sites (N-methyl/N-ethyl adjacent to an activating group) is 1. The Morgan fingerprint density at radius 2 is 2.43 bits per heavy atom. The van der Waals surface area contributed by atoms with E-state index < -0.39 is 6.10 Å². The number of ether oxygens (including phenoxy) is 1. The van der Waals surface area contributed by atoms with Crippen LogP contribution in [-0.2, 0) is 11.3 Å². The molecule has 1 N–H and O–H groups in total. The minimum Gasteiger partial charge on any atom is -0.389 e. The minimum absolute atomic E-state index is 0.397. The van der Waals surface area contributed by atoms with Gasteiger partial charge in [0.05, 0.1) is 12.7 Å². The van der Waals surface area contributed by atoms with E-state index in [1.165, 1.54) is 5.56 Å². The van der Waals surface area contributed by atoms with E-state index in [0.717, 1.165) is 6.54 Å². The number of thiophene rings is 1. The Balaban J connectivity index is 2.25. The molecule has 0 saturated heterocycles. The molecule has 0 aliphatic heterocycles. The second kappa shape index (κ2) is 6.14. The van der Waals surface area contributed by atoms with Gasteiger partial charge in [0.2, 0.25) is 0 Å². The summed E-state index contributed by atoms with van der Waals surface area (Å²) in [7, 11) is 3.60. The van der Waals surface area contributed by atoms with E-state index >= 15 is 0 Å². The molecule has 0 aliphatic rings. The first-order chi connectivity index (χ1) is 6.72.